The molecule has 0 saturated carbocycles. The number of aliphatic hydroxyl groups is 1. The van der Waals surface area contributed by atoms with E-state index in [2.05, 4.69) is 10.2 Å². The zero-order valence-electron chi connectivity index (χ0n) is 12.7. The minimum absolute atomic E-state index is 0.114. The zero-order valence-corrected chi connectivity index (χ0v) is 12.7. The summed E-state index contributed by atoms with van der Waals surface area (Å²) in [7, 11) is 0. The summed E-state index contributed by atoms with van der Waals surface area (Å²) in [4.78, 5) is 2.29. The molecule has 1 unspecified atom stereocenters. The second kappa shape index (κ2) is 7.07. The third kappa shape index (κ3) is 4.20. The van der Waals surface area contributed by atoms with Gasteiger partial charge in [-0.15, -0.1) is 0 Å². The molecule has 0 spiro atoms. The van der Waals surface area contributed by atoms with Crippen LogP contribution in [0.25, 0.3) is 0 Å². The molecule has 2 N–H and O–H groups in total. The number of rotatable bonds is 5. The van der Waals surface area contributed by atoms with E-state index in [-0.39, 0.29) is 6.10 Å². The number of nitrogens with one attached hydrogen (secondary N) is 1. The van der Waals surface area contributed by atoms with Gasteiger partial charge in [0.25, 0.3) is 0 Å². The molecule has 1 aromatic carbocycles. The first-order valence-electron chi connectivity index (χ1n) is 7.44. The van der Waals surface area contributed by atoms with Gasteiger partial charge in [0.2, 0.25) is 0 Å². The first-order chi connectivity index (χ1) is 9.56. The van der Waals surface area contributed by atoms with Crippen LogP contribution >= 0.6 is 0 Å². The first kappa shape index (κ1) is 15.3. The Hall–Kier alpha value is -1.10. The van der Waals surface area contributed by atoms with E-state index in [0.29, 0.717) is 6.54 Å². The number of nitrogens with zero attached hydrogens (tertiary/aromatic N) is 1. The molecule has 4 heteroatoms. The minimum atomic E-state index is -0.498. The van der Waals surface area contributed by atoms with Crippen molar-refractivity contribution in [1.29, 1.82) is 0 Å². The monoisotopic (exact) mass is 278 g/mol. The molecular weight excluding hydrogens is 252 g/mol. The van der Waals surface area contributed by atoms with Crippen LogP contribution in [0.3, 0.4) is 0 Å². The highest BCUT2D eigenvalue weighted by atomic mass is 16.5. The van der Waals surface area contributed by atoms with Gasteiger partial charge in [-0.3, -0.25) is 4.90 Å². The van der Waals surface area contributed by atoms with Crippen LogP contribution in [0.5, 0.6) is 5.75 Å². The molecule has 1 heterocycles. The Morgan fingerprint density at radius 2 is 2.00 bits per heavy atom. The van der Waals surface area contributed by atoms with Crippen molar-refractivity contribution in [3.8, 4) is 5.75 Å². The van der Waals surface area contributed by atoms with Gasteiger partial charge >= 0.3 is 0 Å². The smallest absolute Gasteiger partial charge is 0.125 e. The fraction of sp³-hybridized carbons (Fsp3) is 0.625. The number of β-amino-alcohol motifs (C(OH)–C–C–N with tert-alkyl or cyclic N) is 1. The summed E-state index contributed by atoms with van der Waals surface area (Å²) in [5.41, 5.74) is 2.05. The molecule has 112 valence electrons. The maximum atomic E-state index is 10.5. The van der Waals surface area contributed by atoms with Crippen LogP contribution in [0.4, 0.5) is 0 Å². The third-order valence-corrected chi connectivity index (χ3v) is 3.53. The molecule has 1 aromatic rings. The van der Waals surface area contributed by atoms with Crippen molar-refractivity contribution in [2.75, 3.05) is 32.7 Å². The SMILES string of the molecule is Cc1ccc(OC(C)C)c(C(O)CN2CCNCC2)c1. The molecule has 1 aliphatic rings. The Balaban J connectivity index is 2.10. The molecule has 0 aliphatic carbocycles. The molecule has 20 heavy (non-hydrogen) atoms. The molecule has 1 aliphatic heterocycles. The van der Waals surface area contributed by atoms with Crippen LogP contribution in [-0.2, 0) is 0 Å². The van der Waals surface area contributed by atoms with Gasteiger partial charge in [0.15, 0.2) is 0 Å². The molecule has 1 atom stereocenters. The van der Waals surface area contributed by atoms with Crippen LogP contribution in [0, 0.1) is 6.92 Å². The highest BCUT2D eigenvalue weighted by Crippen LogP contribution is 2.28. The summed E-state index contributed by atoms with van der Waals surface area (Å²) in [5.74, 6) is 0.799. The van der Waals surface area contributed by atoms with E-state index in [1.807, 2.05) is 39.0 Å². The van der Waals surface area contributed by atoms with Crippen LogP contribution in [0.1, 0.15) is 31.1 Å². The summed E-state index contributed by atoms with van der Waals surface area (Å²) in [6.07, 6.45) is -0.385. The van der Waals surface area contributed by atoms with E-state index in [1.54, 1.807) is 0 Å². The van der Waals surface area contributed by atoms with Crippen LogP contribution < -0.4 is 10.1 Å². The molecule has 1 fully saturated rings. The number of hydrogen-bond acceptors (Lipinski definition) is 4. The summed E-state index contributed by atoms with van der Waals surface area (Å²) in [6, 6.07) is 6.02. The number of aliphatic hydroxyl groups excluding tert-OH is 1. The quantitative estimate of drug-likeness (QED) is 0.861. The van der Waals surface area contributed by atoms with Crippen molar-refractivity contribution in [2.24, 2.45) is 0 Å². The predicted molar refractivity (Wildman–Crippen MR) is 81.2 cm³/mol. The second-order valence-corrected chi connectivity index (χ2v) is 5.77. The number of ether oxygens (including phenoxy) is 1. The van der Waals surface area contributed by atoms with Gasteiger partial charge < -0.3 is 15.2 Å². The lowest BCUT2D eigenvalue weighted by molar-refractivity contribution is 0.101. The Kier molecular flexibility index (Phi) is 5.40. The Bertz CT molecular complexity index is 428. The average molecular weight is 278 g/mol. The standard InChI is InChI=1S/C16H26N2O2/c1-12(2)20-16-5-4-13(3)10-14(16)15(19)11-18-8-6-17-7-9-18/h4-5,10,12,15,17,19H,6-9,11H2,1-3H3. The number of benzene rings is 1. The van der Waals surface area contributed by atoms with Crippen molar-refractivity contribution in [3.63, 3.8) is 0 Å². The van der Waals surface area contributed by atoms with E-state index in [1.165, 1.54) is 0 Å². The summed E-state index contributed by atoms with van der Waals surface area (Å²) >= 11 is 0. The zero-order chi connectivity index (χ0) is 14.5. The van der Waals surface area contributed by atoms with Gasteiger partial charge in [0.05, 0.1) is 12.2 Å². The number of aryl methyl sites for hydroxylation is 1. The normalized spacial score (nSPS) is 18.2. The topological polar surface area (TPSA) is 44.7 Å². The molecule has 0 radical (unpaired) electrons. The van der Waals surface area contributed by atoms with E-state index < -0.39 is 6.10 Å². The fourth-order valence-corrected chi connectivity index (χ4v) is 2.53. The molecule has 0 aromatic heterocycles. The largest absolute Gasteiger partial charge is 0.491 e. The van der Waals surface area contributed by atoms with Crippen molar-refractivity contribution >= 4 is 0 Å². The molecule has 0 amide bonds. The van der Waals surface area contributed by atoms with Crippen molar-refractivity contribution in [1.82, 2.24) is 10.2 Å². The fourth-order valence-electron chi connectivity index (χ4n) is 2.53. The lowest BCUT2D eigenvalue weighted by Gasteiger charge is -2.30. The molecule has 1 saturated heterocycles. The van der Waals surface area contributed by atoms with Gasteiger partial charge in [0, 0.05) is 38.3 Å². The van der Waals surface area contributed by atoms with Gasteiger partial charge in [-0.2, -0.15) is 0 Å². The van der Waals surface area contributed by atoms with Gasteiger partial charge in [-0.05, 0) is 32.9 Å². The van der Waals surface area contributed by atoms with Crippen molar-refractivity contribution in [2.45, 2.75) is 33.0 Å². The average Bonchev–Trinajstić information content (AvgIpc) is 2.41. The molecule has 2 rings (SSSR count). The Morgan fingerprint density at radius 3 is 2.65 bits per heavy atom. The lowest BCUT2D eigenvalue weighted by Crippen LogP contribution is -2.45. The first-order valence-corrected chi connectivity index (χ1v) is 7.44. The third-order valence-electron chi connectivity index (χ3n) is 3.53. The second-order valence-electron chi connectivity index (χ2n) is 5.77. The van der Waals surface area contributed by atoms with Gasteiger partial charge in [0.1, 0.15) is 5.75 Å². The Morgan fingerprint density at radius 1 is 1.30 bits per heavy atom. The number of hydrogen-bond donors (Lipinski definition) is 2. The summed E-state index contributed by atoms with van der Waals surface area (Å²) in [6.45, 7) is 10.7. The molecule has 0 bridgehead atoms. The Labute approximate surface area is 121 Å². The minimum Gasteiger partial charge on any atom is -0.491 e. The highest BCUT2D eigenvalue weighted by Gasteiger charge is 2.19. The van der Waals surface area contributed by atoms with Gasteiger partial charge in [-0.1, -0.05) is 11.6 Å². The summed E-state index contributed by atoms with van der Waals surface area (Å²) in [5, 5.41) is 13.9. The van der Waals surface area contributed by atoms with Crippen LogP contribution in [-0.4, -0.2) is 48.8 Å². The molecule has 4 nitrogen and oxygen atoms in total. The van der Waals surface area contributed by atoms with Gasteiger partial charge in [-0.25, -0.2) is 0 Å². The highest BCUT2D eigenvalue weighted by molar-refractivity contribution is 5.38. The van der Waals surface area contributed by atoms with Crippen molar-refractivity contribution in [3.05, 3.63) is 29.3 Å². The van der Waals surface area contributed by atoms with E-state index in [4.69, 9.17) is 4.74 Å². The predicted octanol–water partition coefficient (Wildman–Crippen LogP) is 1.72. The number of piperazine rings is 1. The maximum Gasteiger partial charge on any atom is 0.125 e. The van der Waals surface area contributed by atoms with Crippen molar-refractivity contribution < 1.29 is 9.84 Å². The van der Waals surface area contributed by atoms with Crippen LogP contribution in [0.15, 0.2) is 18.2 Å². The van der Waals surface area contributed by atoms with E-state index in [9.17, 15) is 5.11 Å². The van der Waals surface area contributed by atoms with E-state index in [0.717, 1.165) is 43.1 Å². The maximum absolute atomic E-state index is 10.5. The van der Waals surface area contributed by atoms with E-state index >= 15 is 0 Å². The van der Waals surface area contributed by atoms with Crippen LogP contribution in [0.2, 0.25) is 0 Å². The molecular formula is C16H26N2O2. The lowest BCUT2D eigenvalue weighted by atomic mass is 10.0. The summed E-state index contributed by atoms with van der Waals surface area (Å²) < 4.78 is 5.82.